The summed E-state index contributed by atoms with van der Waals surface area (Å²) in [7, 11) is -3.63. The van der Waals surface area contributed by atoms with Crippen LogP contribution in [0.25, 0.3) is 0 Å². The molecule has 0 spiro atoms. The molecule has 1 aliphatic heterocycles. The smallest absolute Gasteiger partial charge is 0.323 e. The van der Waals surface area contributed by atoms with Crippen LogP contribution in [0, 0.1) is 5.41 Å². The third-order valence-corrected chi connectivity index (χ3v) is 9.09. The van der Waals surface area contributed by atoms with Crippen LogP contribution in [0.4, 0.5) is 16.2 Å². The Kier molecular flexibility index (Phi) is 9.09. The number of urea groups is 1. The van der Waals surface area contributed by atoms with Crippen molar-refractivity contribution in [2.45, 2.75) is 28.8 Å². The number of benzene rings is 3. The van der Waals surface area contributed by atoms with Crippen LogP contribution in [0.1, 0.15) is 17.5 Å². The van der Waals surface area contributed by atoms with E-state index >= 15 is 0 Å². The second-order valence-electron chi connectivity index (χ2n) is 9.90. The van der Waals surface area contributed by atoms with Crippen molar-refractivity contribution in [3.05, 3.63) is 83.9 Å². The van der Waals surface area contributed by atoms with Crippen molar-refractivity contribution < 1.29 is 21.6 Å². The number of rotatable bonds is 9. The summed E-state index contributed by atoms with van der Waals surface area (Å²) in [5, 5.41) is 19.1. The van der Waals surface area contributed by atoms with Crippen LogP contribution in [0.15, 0.2) is 82.6 Å². The van der Waals surface area contributed by atoms with Crippen molar-refractivity contribution in [2.75, 3.05) is 37.8 Å². The number of carbonyl (C=O) groups is 1. The highest BCUT2D eigenvalue weighted by atomic mass is 32.2. The highest BCUT2D eigenvalue weighted by molar-refractivity contribution is 7.89. The van der Waals surface area contributed by atoms with E-state index in [9.17, 15) is 21.6 Å². The normalized spacial score (nSPS) is 15.6. The maximum atomic E-state index is 12.7. The van der Waals surface area contributed by atoms with Gasteiger partial charge in [0.25, 0.3) is 0 Å². The summed E-state index contributed by atoms with van der Waals surface area (Å²) in [6, 6.07) is 18.2. The summed E-state index contributed by atoms with van der Waals surface area (Å²) in [4.78, 5) is 16.7. The number of hydrogen-bond donors (Lipinski definition) is 5. The summed E-state index contributed by atoms with van der Waals surface area (Å²) in [5.41, 5.74) is 2.15. The van der Waals surface area contributed by atoms with Gasteiger partial charge in [-0.25, -0.2) is 31.5 Å². The molecule has 0 bridgehead atoms. The van der Waals surface area contributed by atoms with Crippen molar-refractivity contribution >= 4 is 43.3 Å². The first-order valence-electron chi connectivity index (χ1n) is 12.7. The van der Waals surface area contributed by atoms with Gasteiger partial charge in [0.15, 0.2) is 0 Å². The Morgan fingerprint density at radius 2 is 1.59 bits per heavy atom. The maximum absolute atomic E-state index is 12.7. The van der Waals surface area contributed by atoms with Crippen molar-refractivity contribution in [2.24, 2.45) is 5.14 Å². The van der Waals surface area contributed by atoms with Crippen LogP contribution in [-0.2, 0) is 26.6 Å². The van der Waals surface area contributed by atoms with Crippen molar-refractivity contribution in [3.63, 3.8) is 0 Å². The molecule has 1 atom stereocenters. The predicted molar refractivity (Wildman–Crippen MR) is 158 cm³/mol. The van der Waals surface area contributed by atoms with Crippen LogP contribution < -0.4 is 20.5 Å². The van der Waals surface area contributed by atoms with Crippen molar-refractivity contribution in [3.8, 4) is 0 Å². The summed E-state index contributed by atoms with van der Waals surface area (Å²) < 4.78 is 50.6. The lowest BCUT2D eigenvalue weighted by Gasteiger charge is -2.22. The molecule has 14 heteroatoms. The van der Waals surface area contributed by atoms with E-state index < -0.39 is 26.1 Å². The Morgan fingerprint density at radius 1 is 0.951 bits per heavy atom. The van der Waals surface area contributed by atoms with Gasteiger partial charge in [-0.05, 0) is 74.6 Å². The van der Waals surface area contributed by atoms with E-state index in [-0.39, 0.29) is 16.3 Å². The van der Waals surface area contributed by atoms with Crippen LogP contribution in [-0.4, -0.2) is 71.7 Å². The lowest BCUT2D eigenvalue weighted by atomic mass is 10.1. The second kappa shape index (κ2) is 12.4. The molecule has 4 rings (SSSR count). The number of likely N-dealkylation sites (N-methyl/N-ethyl adjacent to an activating group) is 1. The van der Waals surface area contributed by atoms with Gasteiger partial charge in [-0.1, -0.05) is 24.3 Å². The molecule has 0 saturated carbocycles. The van der Waals surface area contributed by atoms with E-state index in [0.717, 1.165) is 19.5 Å². The highest BCUT2D eigenvalue weighted by Gasteiger charge is 2.26. The Bertz CT molecular complexity index is 1630. The fourth-order valence-electron chi connectivity index (χ4n) is 4.36. The molecule has 0 aliphatic carbocycles. The molecule has 3 aromatic rings. The number of amidine groups is 1. The monoisotopic (exact) mass is 599 g/mol. The lowest BCUT2D eigenvalue weighted by molar-refractivity contribution is 0.262. The average molecular weight is 600 g/mol. The van der Waals surface area contributed by atoms with Crippen molar-refractivity contribution in [1.82, 2.24) is 14.5 Å². The van der Waals surface area contributed by atoms with Gasteiger partial charge in [0.1, 0.15) is 5.84 Å². The number of sulfonamides is 2. The summed E-state index contributed by atoms with van der Waals surface area (Å²) in [6.45, 7) is 1.52. The molecule has 1 unspecified atom stereocenters. The minimum atomic E-state index is -3.87. The molecule has 3 aromatic carbocycles. The molecule has 1 saturated heterocycles. The number of amides is 2. The molecular formula is C27H33N7O5S2. The number of primary sulfonamides is 1. The van der Waals surface area contributed by atoms with Gasteiger partial charge in [-0.3, -0.25) is 5.41 Å². The zero-order chi connectivity index (χ0) is 29.8. The Morgan fingerprint density at radius 3 is 2.20 bits per heavy atom. The van der Waals surface area contributed by atoms with E-state index in [2.05, 4.69) is 20.3 Å². The Labute approximate surface area is 240 Å². The Hall–Kier alpha value is -3.82. The minimum Gasteiger partial charge on any atom is -0.355 e. The molecule has 41 heavy (non-hydrogen) atoms. The number of hydrogen-bond acceptors (Lipinski definition) is 7. The van der Waals surface area contributed by atoms with E-state index in [1.165, 1.54) is 48.5 Å². The van der Waals surface area contributed by atoms with E-state index in [1.54, 1.807) is 18.2 Å². The van der Waals surface area contributed by atoms with Crippen molar-refractivity contribution in [1.29, 1.82) is 5.41 Å². The third kappa shape index (κ3) is 7.89. The van der Waals surface area contributed by atoms with E-state index in [0.29, 0.717) is 34.4 Å². The topological polar surface area (TPSA) is 178 Å². The third-order valence-electron chi connectivity index (χ3n) is 6.74. The van der Waals surface area contributed by atoms with Crippen LogP contribution in [0.3, 0.4) is 0 Å². The number of nitrogens with zero attached hydrogens (tertiary/aromatic N) is 2. The maximum Gasteiger partial charge on any atom is 0.323 e. The molecule has 1 aliphatic rings. The lowest BCUT2D eigenvalue weighted by Crippen LogP contribution is -2.34. The minimum absolute atomic E-state index is 0.00533. The van der Waals surface area contributed by atoms with Gasteiger partial charge < -0.3 is 20.4 Å². The molecule has 0 aromatic heterocycles. The summed E-state index contributed by atoms with van der Waals surface area (Å²) in [5.74, 6) is 0.407. The van der Waals surface area contributed by atoms with Gasteiger partial charge >= 0.3 is 6.03 Å². The molecule has 218 valence electrons. The average Bonchev–Trinajstić information content (AvgIpc) is 3.43. The molecular weight excluding hydrogens is 566 g/mol. The van der Waals surface area contributed by atoms with Crippen LogP contribution >= 0.6 is 0 Å². The van der Waals surface area contributed by atoms with Gasteiger partial charge in [-0.2, -0.15) is 0 Å². The number of nitrogens with one attached hydrogen (secondary N) is 4. The predicted octanol–water partition coefficient (Wildman–Crippen LogP) is 2.42. The summed E-state index contributed by atoms with van der Waals surface area (Å²) >= 11 is 0. The molecule has 1 heterocycles. The highest BCUT2D eigenvalue weighted by Crippen LogP contribution is 2.20. The van der Waals surface area contributed by atoms with Crippen LogP contribution in [0.5, 0.6) is 0 Å². The first kappa shape index (κ1) is 30.1. The van der Waals surface area contributed by atoms with Gasteiger partial charge in [0.2, 0.25) is 20.0 Å². The van der Waals surface area contributed by atoms with E-state index in [4.69, 9.17) is 10.5 Å². The van der Waals surface area contributed by atoms with E-state index in [1.807, 2.05) is 25.1 Å². The SMILES string of the molecule is CN(C)C1CCN(C(=N)c2cccc(NC(=O)Nc3ccc(S(=O)(=O)NCc4ccc(S(N)(=O)=O)cc4)cc3)c2)C1. The first-order chi connectivity index (χ1) is 19.3. The molecule has 1 fully saturated rings. The first-order valence-corrected chi connectivity index (χ1v) is 15.7. The molecule has 6 N–H and O–H groups in total. The molecule has 12 nitrogen and oxygen atoms in total. The zero-order valence-electron chi connectivity index (χ0n) is 22.7. The van der Waals surface area contributed by atoms with Gasteiger partial charge in [0.05, 0.1) is 9.79 Å². The van der Waals surface area contributed by atoms with Crippen LogP contribution in [0.2, 0.25) is 0 Å². The fraction of sp³-hybridized carbons (Fsp3) is 0.259. The largest absolute Gasteiger partial charge is 0.355 e. The second-order valence-corrected chi connectivity index (χ2v) is 13.2. The standard InChI is InChI=1S/C27H33N7O5S2/c1-33(2)23-14-15-34(18-23)26(28)20-4-3-5-22(16-20)32-27(35)31-21-8-12-25(13-9-21)41(38,39)30-17-19-6-10-24(11-7-19)40(29,36)37/h3-13,16,23,28,30H,14-15,17-18H2,1-2H3,(H2,29,36,37)(H2,31,32,35). The number of anilines is 2. The van der Waals surface area contributed by atoms with Gasteiger partial charge in [-0.15, -0.1) is 0 Å². The fourth-order valence-corrected chi connectivity index (χ4v) is 5.90. The number of carbonyl (C=O) groups excluding carboxylic acids is 1. The number of nitrogens with two attached hydrogens (primary N) is 1. The quantitative estimate of drug-likeness (QED) is 0.185. The Balaban J connectivity index is 1.32. The molecule has 2 amide bonds. The molecule has 0 radical (unpaired) electrons. The summed E-state index contributed by atoms with van der Waals surface area (Å²) in [6.07, 6.45) is 0.989. The zero-order valence-corrected chi connectivity index (χ0v) is 24.3. The number of likely N-dealkylation sites (tertiary alicyclic amines) is 1. The van der Waals surface area contributed by atoms with Gasteiger partial charge in [0, 0.05) is 42.6 Å².